The lowest BCUT2D eigenvalue weighted by molar-refractivity contribution is 0.263. The molecule has 1 aliphatic rings. The number of piperidine rings is 1. The monoisotopic (exact) mass is 222 g/mol. The van der Waals surface area contributed by atoms with Gasteiger partial charge < -0.3 is 14.8 Å². The summed E-state index contributed by atoms with van der Waals surface area (Å²) >= 11 is 0. The summed E-state index contributed by atoms with van der Waals surface area (Å²) in [5.41, 5.74) is 0. The smallest absolute Gasteiger partial charge is 0.203 e. The standard InChI is InChI=1S/C12H22N4/c1-10(2)16-9-6-13-12(16)14-11-4-7-15(3)8-5-11/h6,9-11H,4-5,7-8H2,1-3H3,(H,13,14). The summed E-state index contributed by atoms with van der Waals surface area (Å²) in [5, 5.41) is 3.56. The van der Waals surface area contributed by atoms with E-state index in [1.807, 2.05) is 12.4 Å². The summed E-state index contributed by atoms with van der Waals surface area (Å²) in [6, 6.07) is 1.05. The van der Waals surface area contributed by atoms with Gasteiger partial charge >= 0.3 is 0 Å². The van der Waals surface area contributed by atoms with E-state index in [4.69, 9.17) is 0 Å². The molecule has 0 aliphatic carbocycles. The van der Waals surface area contributed by atoms with Crippen molar-refractivity contribution in [1.82, 2.24) is 14.5 Å². The van der Waals surface area contributed by atoms with Crippen LogP contribution in [0.4, 0.5) is 5.95 Å². The zero-order valence-electron chi connectivity index (χ0n) is 10.5. The Labute approximate surface area is 97.7 Å². The molecule has 0 bridgehead atoms. The predicted octanol–water partition coefficient (Wildman–Crippen LogP) is 1.97. The first-order valence-electron chi connectivity index (χ1n) is 6.14. The van der Waals surface area contributed by atoms with Crippen molar-refractivity contribution in [3.8, 4) is 0 Å². The van der Waals surface area contributed by atoms with Crippen molar-refractivity contribution in [2.75, 3.05) is 25.5 Å². The Hall–Kier alpha value is -1.03. The Balaban J connectivity index is 1.96. The van der Waals surface area contributed by atoms with Gasteiger partial charge in [0.2, 0.25) is 5.95 Å². The minimum atomic E-state index is 0.469. The van der Waals surface area contributed by atoms with Gasteiger partial charge in [-0.2, -0.15) is 0 Å². The number of rotatable bonds is 3. The molecule has 1 aromatic heterocycles. The van der Waals surface area contributed by atoms with E-state index in [1.54, 1.807) is 0 Å². The number of anilines is 1. The van der Waals surface area contributed by atoms with Gasteiger partial charge in [0.25, 0.3) is 0 Å². The average molecular weight is 222 g/mol. The third kappa shape index (κ3) is 2.55. The molecule has 0 atom stereocenters. The van der Waals surface area contributed by atoms with Crippen LogP contribution in [-0.2, 0) is 0 Å². The van der Waals surface area contributed by atoms with Crippen molar-refractivity contribution >= 4 is 5.95 Å². The molecule has 0 spiro atoms. The Morgan fingerprint density at radius 2 is 2.06 bits per heavy atom. The summed E-state index contributed by atoms with van der Waals surface area (Å²) in [5.74, 6) is 1.02. The summed E-state index contributed by atoms with van der Waals surface area (Å²) < 4.78 is 2.19. The van der Waals surface area contributed by atoms with E-state index in [0.29, 0.717) is 12.1 Å². The molecule has 1 saturated heterocycles. The van der Waals surface area contributed by atoms with E-state index >= 15 is 0 Å². The first-order valence-corrected chi connectivity index (χ1v) is 6.14. The highest BCUT2D eigenvalue weighted by Gasteiger charge is 2.18. The van der Waals surface area contributed by atoms with Crippen molar-refractivity contribution in [2.24, 2.45) is 0 Å². The fourth-order valence-corrected chi connectivity index (χ4v) is 2.18. The minimum absolute atomic E-state index is 0.469. The number of imidazole rings is 1. The van der Waals surface area contributed by atoms with Crippen LogP contribution in [0.2, 0.25) is 0 Å². The highest BCUT2D eigenvalue weighted by molar-refractivity contribution is 5.28. The Morgan fingerprint density at radius 3 is 2.69 bits per heavy atom. The van der Waals surface area contributed by atoms with Gasteiger partial charge in [-0.3, -0.25) is 0 Å². The van der Waals surface area contributed by atoms with E-state index in [9.17, 15) is 0 Å². The maximum Gasteiger partial charge on any atom is 0.203 e. The van der Waals surface area contributed by atoms with Crippen molar-refractivity contribution in [1.29, 1.82) is 0 Å². The number of nitrogens with zero attached hydrogens (tertiary/aromatic N) is 3. The normalized spacial score (nSPS) is 19.2. The topological polar surface area (TPSA) is 33.1 Å². The van der Waals surface area contributed by atoms with Crippen molar-refractivity contribution < 1.29 is 0 Å². The van der Waals surface area contributed by atoms with Gasteiger partial charge in [-0.05, 0) is 46.8 Å². The van der Waals surface area contributed by atoms with E-state index in [0.717, 1.165) is 5.95 Å². The molecule has 2 rings (SSSR count). The second-order valence-corrected chi connectivity index (χ2v) is 4.97. The molecule has 1 aromatic rings. The second-order valence-electron chi connectivity index (χ2n) is 4.97. The molecule has 1 fully saturated rings. The summed E-state index contributed by atoms with van der Waals surface area (Å²) in [6.07, 6.45) is 6.34. The number of hydrogen-bond acceptors (Lipinski definition) is 3. The second kappa shape index (κ2) is 4.87. The van der Waals surface area contributed by atoms with Crippen LogP contribution >= 0.6 is 0 Å². The van der Waals surface area contributed by atoms with Crippen LogP contribution in [0, 0.1) is 0 Å². The van der Waals surface area contributed by atoms with Gasteiger partial charge in [-0.1, -0.05) is 0 Å². The summed E-state index contributed by atoms with van der Waals surface area (Å²) in [6.45, 7) is 6.73. The van der Waals surface area contributed by atoms with Crippen LogP contribution < -0.4 is 5.32 Å². The molecule has 0 unspecified atom stereocenters. The van der Waals surface area contributed by atoms with Crippen LogP contribution in [0.3, 0.4) is 0 Å². The molecule has 2 heterocycles. The Bertz CT molecular complexity index is 324. The fraction of sp³-hybridized carbons (Fsp3) is 0.750. The molecular formula is C12H22N4. The molecule has 16 heavy (non-hydrogen) atoms. The predicted molar refractivity (Wildman–Crippen MR) is 66.8 cm³/mol. The van der Waals surface area contributed by atoms with Crippen LogP contribution in [0.15, 0.2) is 12.4 Å². The SMILES string of the molecule is CC(C)n1ccnc1NC1CCN(C)CC1. The van der Waals surface area contributed by atoms with Gasteiger partial charge in [0.15, 0.2) is 0 Å². The minimum Gasteiger partial charge on any atom is -0.353 e. The molecule has 0 saturated carbocycles. The van der Waals surface area contributed by atoms with Gasteiger partial charge in [-0.15, -0.1) is 0 Å². The van der Waals surface area contributed by atoms with Crippen molar-refractivity contribution in [2.45, 2.75) is 38.8 Å². The lowest BCUT2D eigenvalue weighted by Crippen LogP contribution is -2.37. The maximum atomic E-state index is 4.39. The average Bonchev–Trinajstić information content (AvgIpc) is 2.69. The van der Waals surface area contributed by atoms with Crippen LogP contribution in [0.1, 0.15) is 32.7 Å². The first kappa shape index (κ1) is 11.5. The number of hydrogen-bond donors (Lipinski definition) is 1. The van der Waals surface area contributed by atoms with E-state index in [2.05, 4.69) is 40.7 Å². The van der Waals surface area contributed by atoms with Crippen LogP contribution in [-0.4, -0.2) is 40.6 Å². The van der Waals surface area contributed by atoms with E-state index < -0.39 is 0 Å². The number of aromatic nitrogens is 2. The zero-order valence-corrected chi connectivity index (χ0v) is 10.5. The molecule has 1 N–H and O–H groups in total. The Morgan fingerprint density at radius 1 is 1.38 bits per heavy atom. The highest BCUT2D eigenvalue weighted by Crippen LogP contribution is 2.17. The number of likely N-dealkylation sites (tertiary alicyclic amines) is 1. The van der Waals surface area contributed by atoms with Gasteiger partial charge in [-0.25, -0.2) is 4.98 Å². The first-order chi connectivity index (χ1) is 7.66. The van der Waals surface area contributed by atoms with Crippen molar-refractivity contribution in [3.05, 3.63) is 12.4 Å². The molecule has 90 valence electrons. The molecule has 0 radical (unpaired) electrons. The zero-order chi connectivity index (χ0) is 11.5. The summed E-state index contributed by atoms with van der Waals surface area (Å²) in [4.78, 5) is 6.77. The quantitative estimate of drug-likeness (QED) is 0.849. The lowest BCUT2D eigenvalue weighted by atomic mass is 10.1. The van der Waals surface area contributed by atoms with Crippen LogP contribution in [0.5, 0.6) is 0 Å². The molecule has 4 nitrogen and oxygen atoms in total. The third-order valence-corrected chi connectivity index (χ3v) is 3.28. The lowest BCUT2D eigenvalue weighted by Gasteiger charge is -2.30. The molecule has 4 heteroatoms. The van der Waals surface area contributed by atoms with Crippen LogP contribution in [0.25, 0.3) is 0 Å². The largest absolute Gasteiger partial charge is 0.353 e. The van der Waals surface area contributed by atoms with E-state index in [1.165, 1.54) is 25.9 Å². The molecule has 0 aromatic carbocycles. The fourth-order valence-electron chi connectivity index (χ4n) is 2.18. The van der Waals surface area contributed by atoms with Gasteiger partial charge in [0.05, 0.1) is 0 Å². The number of nitrogens with one attached hydrogen (secondary N) is 1. The summed E-state index contributed by atoms with van der Waals surface area (Å²) in [7, 11) is 2.19. The molecular weight excluding hydrogens is 200 g/mol. The third-order valence-electron chi connectivity index (χ3n) is 3.28. The highest BCUT2D eigenvalue weighted by atomic mass is 15.2. The van der Waals surface area contributed by atoms with Crippen molar-refractivity contribution in [3.63, 3.8) is 0 Å². The van der Waals surface area contributed by atoms with Gasteiger partial charge in [0.1, 0.15) is 0 Å². The molecule has 0 amide bonds. The molecule has 1 aliphatic heterocycles. The Kier molecular flexibility index (Phi) is 3.49. The van der Waals surface area contributed by atoms with Gasteiger partial charge in [0, 0.05) is 24.5 Å². The maximum absolute atomic E-state index is 4.39. The van der Waals surface area contributed by atoms with E-state index in [-0.39, 0.29) is 0 Å².